The van der Waals surface area contributed by atoms with Gasteiger partial charge in [-0.3, -0.25) is 4.40 Å². The molecule has 0 aliphatic heterocycles. The molecule has 3 N–H and O–H groups in total. The molecule has 5 rings (SSSR count). The minimum atomic E-state index is -0.577. The Morgan fingerprint density at radius 2 is 1.84 bits per heavy atom. The van der Waals surface area contributed by atoms with Crippen molar-refractivity contribution < 1.29 is 5.11 Å². The molecule has 190 valence electrons. The zero-order valence-corrected chi connectivity index (χ0v) is 21.7. The van der Waals surface area contributed by atoms with E-state index < -0.39 is 6.10 Å². The summed E-state index contributed by atoms with van der Waals surface area (Å²) in [5, 5.41) is 26.9. The Labute approximate surface area is 217 Å². The van der Waals surface area contributed by atoms with Crippen LogP contribution in [-0.2, 0) is 0 Å². The Balaban J connectivity index is 1.35. The number of nitriles is 1. The molecule has 0 bridgehead atoms. The summed E-state index contributed by atoms with van der Waals surface area (Å²) in [5.41, 5.74) is 5.75. The lowest BCUT2D eigenvalue weighted by Gasteiger charge is -2.23. The van der Waals surface area contributed by atoms with Gasteiger partial charge in [0.25, 0.3) is 0 Å². The fourth-order valence-electron chi connectivity index (χ4n) is 4.45. The summed E-state index contributed by atoms with van der Waals surface area (Å²) in [5.74, 6) is 1.01. The number of nitrogens with zero attached hydrogens (tertiary/aromatic N) is 5. The highest BCUT2D eigenvalue weighted by Gasteiger charge is 2.27. The highest BCUT2D eigenvalue weighted by Crippen LogP contribution is 2.42. The molecule has 3 aromatic heterocycles. The second-order valence-electron chi connectivity index (χ2n) is 10.8. The molecule has 0 radical (unpaired) electrons. The number of β-amino-alcohol motifs (C(OH)–C–C–N with tert-alkyl or cyclic N) is 1. The lowest BCUT2D eigenvalue weighted by atomic mass is 10.0. The van der Waals surface area contributed by atoms with Crippen LogP contribution in [0.15, 0.2) is 55.0 Å². The lowest BCUT2D eigenvalue weighted by Crippen LogP contribution is -2.38. The van der Waals surface area contributed by atoms with Crippen LogP contribution < -0.4 is 10.6 Å². The number of aliphatic hydroxyl groups excluding tert-OH is 1. The molecular weight excluding hydrogens is 462 g/mol. The molecule has 1 aromatic carbocycles. The van der Waals surface area contributed by atoms with E-state index in [1.807, 2.05) is 47.9 Å². The molecule has 1 fully saturated rings. The smallest absolute Gasteiger partial charge is 0.223 e. The largest absolute Gasteiger partial charge is 0.387 e. The average molecular weight is 496 g/mol. The van der Waals surface area contributed by atoms with Crippen molar-refractivity contribution in [1.82, 2.24) is 24.7 Å². The maximum Gasteiger partial charge on any atom is 0.223 e. The number of anilines is 1. The Kier molecular flexibility index (Phi) is 6.67. The zero-order valence-electron chi connectivity index (χ0n) is 21.7. The van der Waals surface area contributed by atoms with Gasteiger partial charge in [-0.1, -0.05) is 30.3 Å². The first kappa shape index (κ1) is 24.9. The standard InChI is InChI=1S/C29H33N7O/c1-18(19-7-11-21(12-8-19)25(37)17-33-29(2,3)4)34-28-32-15-22(14-30)26(35-28)24-16-31-27-23(20-9-10-20)6-5-13-36(24)27/h5-8,11-13,15-16,18,20,25,33,37H,9-10,17H2,1-4H3,(H,32,34,35)/t18-,25+/m0/s1. The Bertz CT molecular complexity index is 1440. The fraction of sp³-hybridized carbons (Fsp3) is 0.379. The van der Waals surface area contributed by atoms with Gasteiger partial charge in [-0.05, 0) is 69.2 Å². The molecule has 1 aliphatic rings. The van der Waals surface area contributed by atoms with Crippen molar-refractivity contribution in [3.63, 3.8) is 0 Å². The fourth-order valence-corrected chi connectivity index (χ4v) is 4.45. The first-order valence-corrected chi connectivity index (χ1v) is 12.8. The van der Waals surface area contributed by atoms with E-state index in [4.69, 9.17) is 4.98 Å². The number of nitrogens with one attached hydrogen (secondary N) is 2. The predicted octanol–water partition coefficient (Wildman–Crippen LogP) is 5.13. The highest BCUT2D eigenvalue weighted by atomic mass is 16.3. The van der Waals surface area contributed by atoms with Gasteiger partial charge in [0.1, 0.15) is 17.4 Å². The molecule has 4 aromatic rings. The van der Waals surface area contributed by atoms with E-state index in [2.05, 4.69) is 53.5 Å². The molecule has 37 heavy (non-hydrogen) atoms. The SMILES string of the molecule is C[C@H](Nc1ncc(C#N)c(-c2cnc3c(C4CC4)cccn23)n1)c1ccc([C@H](O)CNC(C)(C)C)cc1. The van der Waals surface area contributed by atoms with Crippen molar-refractivity contribution >= 4 is 11.6 Å². The summed E-state index contributed by atoms with van der Waals surface area (Å²) in [6.45, 7) is 8.75. The molecule has 2 atom stereocenters. The van der Waals surface area contributed by atoms with E-state index in [-0.39, 0.29) is 11.6 Å². The van der Waals surface area contributed by atoms with Gasteiger partial charge in [0.05, 0.1) is 35.8 Å². The summed E-state index contributed by atoms with van der Waals surface area (Å²) in [6, 6.07) is 14.2. The molecule has 0 saturated heterocycles. The Morgan fingerprint density at radius 1 is 1.11 bits per heavy atom. The second kappa shape index (κ2) is 9.92. The number of pyridine rings is 1. The summed E-state index contributed by atoms with van der Waals surface area (Å²) in [6.07, 6.45) is 7.12. The number of hydrogen-bond donors (Lipinski definition) is 3. The van der Waals surface area contributed by atoms with Crippen LogP contribution >= 0.6 is 0 Å². The minimum absolute atomic E-state index is 0.0535. The molecular formula is C29H33N7O. The molecule has 8 heteroatoms. The molecule has 3 heterocycles. The number of rotatable bonds is 8. The number of hydrogen-bond acceptors (Lipinski definition) is 7. The van der Waals surface area contributed by atoms with Crippen molar-refractivity contribution in [2.75, 3.05) is 11.9 Å². The Hall–Kier alpha value is -3.80. The van der Waals surface area contributed by atoms with Crippen LogP contribution in [0.1, 0.15) is 80.9 Å². The Morgan fingerprint density at radius 3 is 2.51 bits per heavy atom. The zero-order chi connectivity index (χ0) is 26.2. The minimum Gasteiger partial charge on any atom is -0.387 e. The average Bonchev–Trinajstić information content (AvgIpc) is 3.65. The first-order valence-electron chi connectivity index (χ1n) is 12.8. The molecule has 0 unspecified atom stereocenters. The van der Waals surface area contributed by atoms with Crippen LogP contribution in [0.3, 0.4) is 0 Å². The van der Waals surface area contributed by atoms with Crippen LogP contribution in [0.25, 0.3) is 17.0 Å². The summed E-state index contributed by atoms with van der Waals surface area (Å²) in [4.78, 5) is 13.8. The van der Waals surface area contributed by atoms with E-state index in [0.29, 0.717) is 29.7 Å². The van der Waals surface area contributed by atoms with E-state index in [1.165, 1.54) is 18.4 Å². The van der Waals surface area contributed by atoms with Crippen molar-refractivity contribution in [2.45, 2.75) is 64.1 Å². The normalized spacial score (nSPS) is 15.4. The topological polar surface area (TPSA) is 111 Å². The number of benzene rings is 1. The maximum atomic E-state index is 10.5. The van der Waals surface area contributed by atoms with Crippen molar-refractivity contribution in [1.29, 1.82) is 5.26 Å². The van der Waals surface area contributed by atoms with Crippen molar-refractivity contribution in [3.8, 4) is 17.5 Å². The van der Waals surface area contributed by atoms with Crippen LogP contribution in [0.5, 0.6) is 0 Å². The van der Waals surface area contributed by atoms with Crippen LogP contribution in [0, 0.1) is 11.3 Å². The van der Waals surface area contributed by atoms with Gasteiger partial charge < -0.3 is 15.7 Å². The van der Waals surface area contributed by atoms with Crippen molar-refractivity contribution in [2.24, 2.45) is 0 Å². The molecule has 1 aliphatic carbocycles. The van der Waals surface area contributed by atoms with Gasteiger partial charge in [-0.15, -0.1) is 0 Å². The summed E-state index contributed by atoms with van der Waals surface area (Å²) >= 11 is 0. The number of aromatic nitrogens is 4. The van der Waals surface area contributed by atoms with Crippen LogP contribution in [-0.4, -0.2) is 36.5 Å². The third-order valence-electron chi connectivity index (χ3n) is 6.73. The quantitative estimate of drug-likeness (QED) is 0.310. The van der Waals surface area contributed by atoms with Gasteiger partial charge in [-0.2, -0.15) is 5.26 Å². The number of fused-ring (bicyclic) bond motifs is 1. The second-order valence-corrected chi connectivity index (χ2v) is 10.8. The summed E-state index contributed by atoms with van der Waals surface area (Å²) < 4.78 is 2.02. The monoisotopic (exact) mass is 495 g/mol. The highest BCUT2D eigenvalue weighted by molar-refractivity contribution is 5.68. The van der Waals surface area contributed by atoms with Crippen molar-refractivity contribution in [3.05, 3.63) is 77.2 Å². The van der Waals surface area contributed by atoms with E-state index in [0.717, 1.165) is 22.5 Å². The molecule has 1 saturated carbocycles. The third-order valence-corrected chi connectivity index (χ3v) is 6.73. The van der Waals surface area contributed by atoms with Gasteiger partial charge in [0, 0.05) is 18.3 Å². The van der Waals surface area contributed by atoms with E-state index in [1.54, 1.807) is 12.4 Å². The van der Waals surface area contributed by atoms with Gasteiger partial charge in [-0.25, -0.2) is 15.0 Å². The van der Waals surface area contributed by atoms with Crippen LogP contribution in [0.2, 0.25) is 0 Å². The van der Waals surface area contributed by atoms with Gasteiger partial charge in [0.15, 0.2) is 0 Å². The van der Waals surface area contributed by atoms with Crippen LogP contribution in [0.4, 0.5) is 5.95 Å². The molecule has 0 amide bonds. The molecule has 0 spiro atoms. The summed E-state index contributed by atoms with van der Waals surface area (Å²) in [7, 11) is 0. The van der Waals surface area contributed by atoms with Gasteiger partial charge in [0.2, 0.25) is 5.95 Å². The van der Waals surface area contributed by atoms with E-state index >= 15 is 0 Å². The molecule has 8 nitrogen and oxygen atoms in total. The third kappa shape index (κ3) is 5.48. The number of aliphatic hydroxyl groups is 1. The van der Waals surface area contributed by atoms with Gasteiger partial charge >= 0.3 is 0 Å². The maximum absolute atomic E-state index is 10.5. The number of imidazole rings is 1. The first-order chi connectivity index (χ1) is 17.7. The van der Waals surface area contributed by atoms with E-state index in [9.17, 15) is 10.4 Å². The predicted molar refractivity (Wildman–Crippen MR) is 144 cm³/mol. The lowest BCUT2D eigenvalue weighted by molar-refractivity contribution is 0.163.